The van der Waals surface area contributed by atoms with Crippen LogP contribution in [0.25, 0.3) is 0 Å². The molecule has 0 radical (unpaired) electrons. The maximum Gasteiger partial charge on any atom is 0.231 e. The summed E-state index contributed by atoms with van der Waals surface area (Å²) in [7, 11) is 0. The second-order valence-corrected chi connectivity index (χ2v) is 9.24. The van der Waals surface area contributed by atoms with Crippen molar-refractivity contribution in [2.75, 3.05) is 13.3 Å². The highest BCUT2D eigenvalue weighted by Crippen LogP contribution is 2.51. The molecule has 5 rings (SSSR count). The molecule has 24 heavy (non-hydrogen) atoms. The van der Waals surface area contributed by atoms with Crippen LogP contribution in [-0.4, -0.2) is 46.0 Å². The summed E-state index contributed by atoms with van der Waals surface area (Å²) in [6, 6.07) is 4.61. The fraction of sp³-hybridized carbons (Fsp3) is 0.579. The maximum atomic E-state index is 11.2. The number of aliphatic hydroxyl groups is 1. The minimum Gasteiger partial charge on any atom is -0.454 e. The lowest BCUT2D eigenvalue weighted by atomic mass is 9.74. The highest BCUT2D eigenvalue weighted by Gasteiger charge is 2.49. The Morgan fingerprint density at radius 3 is 2.83 bits per heavy atom. The van der Waals surface area contributed by atoms with Crippen LogP contribution in [0.3, 0.4) is 0 Å². The Morgan fingerprint density at radius 2 is 2.04 bits per heavy atom. The molecule has 0 bridgehead atoms. The molecular weight excluding hydrogens is 322 g/mol. The van der Waals surface area contributed by atoms with E-state index in [-0.39, 0.29) is 17.3 Å². The van der Waals surface area contributed by atoms with E-state index in [0.29, 0.717) is 18.1 Å². The topological polar surface area (TPSA) is 41.9 Å². The van der Waals surface area contributed by atoms with E-state index in [1.807, 2.05) is 11.8 Å². The van der Waals surface area contributed by atoms with Crippen LogP contribution in [0.2, 0.25) is 0 Å². The predicted molar refractivity (Wildman–Crippen MR) is 94.7 cm³/mol. The molecule has 4 aliphatic rings. The molecule has 1 aliphatic carbocycles. The Bertz CT molecular complexity index is 717. The summed E-state index contributed by atoms with van der Waals surface area (Å²) in [6.45, 7) is 6.74. The Labute approximate surface area is 146 Å². The van der Waals surface area contributed by atoms with Crippen LogP contribution in [-0.2, 0) is 6.54 Å². The summed E-state index contributed by atoms with van der Waals surface area (Å²) in [6.07, 6.45) is 3.13. The van der Waals surface area contributed by atoms with E-state index in [9.17, 15) is 5.11 Å². The third kappa shape index (κ3) is 2.14. The van der Waals surface area contributed by atoms with Gasteiger partial charge < -0.3 is 14.6 Å². The Hall–Kier alpha value is -1.17. The molecule has 1 aromatic carbocycles. The first kappa shape index (κ1) is 15.1. The molecule has 1 N–H and O–H groups in total. The van der Waals surface area contributed by atoms with Crippen molar-refractivity contribution in [1.82, 2.24) is 4.90 Å². The summed E-state index contributed by atoms with van der Waals surface area (Å²) in [5.41, 5.74) is 4.07. The zero-order valence-electron chi connectivity index (χ0n) is 14.1. The van der Waals surface area contributed by atoms with Crippen LogP contribution in [0.4, 0.5) is 0 Å². The molecule has 1 unspecified atom stereocenters. The van der Waals surface area contributed by atoms with Crippen molar-refractivity contribution in [3.05, 3.63) is 34.9 Å². The largest absolute Gasteiger partial charge is 0.454 e. The van der Waals surface area contributed by atoms with Gasteiger partial charge in [0.1, 0.15) is 0 Å². The molecular formula is C19H23NO3S. The number of aliphatic hydroxyl groups excluding tert-OH is 1. The lowest BCUT2D eigenvalue weighted by Gasteiger charge is -2.45. The number of nitrogens with zero attached hydrogens (tertiary/aromatic N) is 1. The van der Waals surface area contributed by atoms with Crippen molar-refractivity contribution < 1.29 is 14.6 Å². The van der Waals surface area contributed by atoms with Crippen LogP contribution in [0.1, 0.15) is 37.3 Å². The molecule has 3 aliphatic heterocycles. The second-order valence-electron chi connectivity index (χ2n) is 7.48. The molecule has 0 saturated carbocycles. The molecule has 0 aromatic heterocycles. The highest BCUT2D eigenvalue weighted by atomic mass is 32.2. The number of hydrogen-bond donors (Lipinski definition) is 1. The lowest BCUT2D eigenvalue weighted by molar-refractivity contribution is 0.0865. The number of rotatable bonds is 2. The van der Waals surface area contributed by atoms with E-state index >= 15 is 0 Å². The van der Waals surface area contributed by atoms with Gasteiger partial charge >= 0.3 is 0 Å². The van der Waals surface area contributed by atoms with Crippen LogP contribution in [0.5, 0.6) is 11.5 Å². The van der Waals surface area contributed by atoms with E-state index in [2.05, 4.69) is 37.0 Å². The average Bonchev–Trinajstić information content (AvgIpc) is 3.15. The van der Waals surface area contributed by atoms with Crippen LogP contribution < -0.4 is 9.47 Å². The second kappa shape index (κ2) is 5.41. The summed E-state index contributed by atoms with van der Waals surface area (Å²) < 4.78 is 11.2. The first-order valence-electron chi connectivity index (χ1n) is 8.82. The summed E-state index contributed by atoms with van der Waals surface area (Å²) in [5.74, 6) is 1.82. The smallest absolute Gasteiger partial charge is 0.231 e. The van der Waals surface area contributed by atoms with Gasteiger partial charge in [0.15, 0.2) is 11.5 Å². The van der Waals surface area contributed by atoms with Crippen molar-refractivity contribution in [2.24, 2.45) is 0 Å². The van der Waals surface area contributed by atoms with Gasteiger partial charge in [-0.05, 0) is 34.9 Å². The fourth-order valence-electron chi connectivity index (χ4n) is 4.77. The molecule has 4 nitrogen and oxygen atoms in total. The molecule has 3 heterocycles. The fourth-order valence-corrected chi connectivity index (χ4v) is 5.98. The molecule has 1 fully saturated rings. The molecule has 1 saturated heterocycles. The quantitative estimate of drug-likeness (QED) is 0.835. The number of ether oxygens (including phenoxy) is 2. The number of thioether (sulfide) groups is 1. The summed E-state index contributed by atoms with van der Waals surface area (Å²) in [4.78, 5) is 2.53. The van der Waals surface area contributed by atoms with Crippen molar-refractivity contribution in [3.8, 4) is 11.5 Å². The van der Waals surface area contributed by atoms with Gasteiger partial charge in [-0.25, -0.2) is 0 Å². The lowest BCUT2D eigenvalue weighted by Crippen LogP contribution is -2.49. The van der Waals surface area contributed by atoms with Crippen LogP contribution in [0.15, 0.2) is 23.8 Å². The normalized spacial score (nSPS) is 33.4. The van der Waals surface area contributed by atoms with Crippen LogP contribution >= 0.6 is 11.8 Å². The van der Waals surface area contributed by atoms with Gasteiger partial charge in [-0.15, -0.1) is 11.8 Å². The van der Waals surface area contributed by atoms with Gasteiger partial charge in [0, 0.05) is 30.3 Å². The van der Waals surface area contributed by atoms with Crippen LogP contribution in [0, 0.1) is 0 Å². The Morgan fingerprint density at radius 1 is 1.25 bits per heavy atom. The SMILES string of the molecule is CC(C)S[C@H]1C=C2CCN3Cc4cc5c(cc4[C@@H](C23)[C@@H]1O)OCO5. The molecule has 0 amide bonds. The first-order chi connectivity index (χ1) is 11.6. The number of benzene rings is 1. The van der Waals surface area contributed by atoms with Crippen molar-refractivity contribution in [3.63, 3.8) is 0 Å². The van der Waals surface area contributed by atoms with E-state index < -0.39 is 0 Å². The molecule has 4 atom stereocenters. The van der Waals surface area contributed by atoms with Gasteiger partial charge in [-0.1, -0.05) is 25.5 Å². The monoisotopic (exact) mass is 345 g/mol. The van der Waals surface area contributed by atoms with Crippen molar-refractivity contribution in [2.45, 2.75) is 55.4 Å². The standard InChI is InChI=1S/C19H23NO3S/c1-10(2)24-16-6-11-3-4-20-8-12-5-14-15(23-9-22-14)7-13(12)17(18(11)20)19(16)21/h5-7,10,16-19,21H,3-4,8-9H2,1-2H3/t16-,17-,18?,19+/m0/s1. The zero-order valence-corrected chi connectivity index (χ0v) is 14.9. The first-order valence-corrected chi connectivity index (χ1v) is 9.76. The molecule has 5 heteroatoms. The minimum atomic E-state index is -0.355. The Balaban J connectivity index is 1.61. The highest BCUT2D eigenvalue weighted by molar-refractivity contribution is 8.00. The van der Waals surface area contributed by atoms with Gasteiger partial charge in [-0.3, -0.25) is 4.90 Å². The zero-order chi connectivity index (χ0) is 16.4. The maximum absolute atomic E-state index is 11.2. The number of fused-ring (bicyclic) bond motifs is 3. The third-order valence-electron chi connectivity index (χ3n) is 5.68. The molecule has 1 aromatic rings. The van der Waals surface area contributed by atoms with Gasteiger partial charge in [0.05, 0.1) is 6.10 Å². The van der Waals surface area contributed by atoms with Gasteiger partial charge in [0.25, 0.3) is 0 Å². The van der Waals surface area contributed by atoms with Crippen molar-refractivity contribution in [1.29, 1.82) is 0 Å². The van der Waals surface area contributed by atoms with E-state index in [0.717, 1.165) is 31.0 Å². The van der Waals surface area contributed by atoms with Gasteiger partial charge in [-0.2, -0.15) is 0 Å². The summed E-state index contributed by atoms with van der Waals surface area (Å²) >= 11 is 1.88. The van der Waals surface area contributed by atoms with E-state index in [4.69, 9.17) is 9.47 Å². The Kier molecular flexibility index (Phi) is 3.41. The molecule has 0 spiro atoms. The third-order valence-corrected chi connectivity index (χ3v) is 6.95. The molecule has 128 valence electrons. The minimum absolute atomic E-state index is 0.141. The average molecular weight is 345 g/mol. The van der Waals surface area contributed by atoms with Crippen molar-refractivity contribution >= 4 is 11.8 Å². The number of hydrogen-bond acceptors (Lipinski definition) is 5. The summed E-state index contributed by atoms with van der Waals surface area (Å²) in [5, 5.41) is 11.9. The van der Waals surface area contributed by atoms with E-state index in [1.165, 1.54) is 16.7 Å². The van der Waals surface area contributed by atoms with E-state index in [1.54, 1.807) is 0 Å². The predicted octanol–water partition coefficient (Wildman–Crippen LogP) is 2.90. The van der Waals surface area contributed by atoms with Gasteiger partial charge in [0.2, 0.25) is 6.79 Å².